The molecule has 1 heterocycles. The molecular formula is C6H3ClF3NS. The van der Waals surface area contributed by atoms with E-state index < -0.39 is 16.9 Å². The Morgan fingerprint density at radius 1 is 1.42 bits per heavy atom. The first-order chi connectivity index (χ1) is 5.43. The molecule has 0 amide bonds. The van der Waals surface area contributed by atoms with Crippen molar-refractivity contribution in [3.8, 4) is 0 Å². The molecule has 0 saturated carbocycles. The minimum Gasteiger partial charge on any atom is -0.244 e. The van der Waals surface area contributed by atoms with E-state index in [1.807, 2.05) is 0 Å². The number of hydrogen-bond donors (Lipinski definition) is 1. The van der Waals surface area contributed by atoms with E-state index in [0.29, 0.717) is 0 Å². The molecule has 1 aromatic rings. The van der Waals surface area contributed by atoms with Crippen LogP contribution in [0.3, 0.4) is 0 Å². The van der Waals surface area contributed by atoms with Crippen LogP contribution in [-0.4, -0.2) is 4.98 Å². The van der Waals surface area contributed by atoms with Crippen LogP contribution in [0.1, 0.15) is 5.56 Å². The Balaban J connectivity index is 3.31. The van der Waals surface area contributed by atoms with Crippen LogP contribution in [0.25, 0.3) is 0 Å². The predicted octanol–water partition coefficient (Wildman–Crippen LogP) is 3.04. The third-order valence-corrected chi connectivity index (χ3v) is 1.83. The van der Waals surface area contributed by atoms with Gasteiger partial charge in [0.05, 0.1) is 0 Å². The van der Waals surface area contributed by atoms with E-state index in [2.05, 4.69) is 17.6 Å². The van der Waals surface area contributed by atoms with Crippen LogP contribution >= 0.6 is 24.2 Å². The molecular weight excluding hydrogens is 211 g/mol. The van der Waals surface area contributed by atoms with Crippen LogP contribution < -0.4 is 0 Å². The number of thiol groups is 1. The first-order valence-corrected chi connectivity index (χ1v) is 3.66. The lowest BCUT2D eigenvalue weighted by Crippen LogP contribution is -2.07. The molecule has 0 aromatic carbocycles. The molecule has 0 unspecified atom stereocenters. The van der Waals surface area contributed by atoms with Gasteiger partial charge in [-0.25, -0.2) is 4.98 Å². The summed E-state index contributed by atoms with van der Waals surface area (Å²) in [5, 5.41) is -0.574. The van der Waals surface area contributed by atoms with Gasteiger partial charge < -0.3 is 0 Å². The Bertz CT molecular complexity index is 279. The van der Waals surface area contributed by atoms with Gasteiger partial charge in [-0.2, -0.15) is 13.2 Å². The number of nitrogens with zero attached hydrogens (tertiary/aromatic N) is 1. The summed E-state index contributed by atoms with van der Waals surface area (Å²) in [6, 6.07) is 1.14. The molecule has 6 heteroatoms. The van der Waals surface area contributed by atoms with Gasteiger partial charge in [0.15, 0.2) is 0 Å². The van der Waals surface area contributed by atoms with E-state index in [0.717, 1.165) is 6.07 Å². The molecule has 0 spiro atoms. The fourth-order valence-electron chi connectivity index (χ4n) is 0.689. The summed E-state index contributed by atoms with van der Waals surface area (Å²) < 4.78 is 36.4. The summed E-state index contributed by atoms with van der Waals surface area (Å²) in [5.74, 6) is 0. The summed E-state index contributed by atoms with van der Waals surface area (Å²) in [5.41, 5.74) is -0.991. The molecule has 0 fully saturated rings. The molecule has 1 nitrogen and oxygen atoms in total. The lowest BCUT2D eigenvalue weighted by atomic mass is 10.3. The molecule has 1 rings (SSSR count). The minimum absolute atomic E-state index is 0.220. The lowest BCUT2D eigenvalue weighted by Gasteiger charge is -2.09. The number of alkyl halides is 3. The molecule has 0 radical (unpaired) electrons. The van der Waals surface area contributed by atoms with Crippen LogP contribution in [0.5, 0.6) is 0 Å². The largest absolute Gasteiger partial charge is 0.420 e. The molecule has 0 aliphatic heterocycles. The van der Waals surface area contributed by atoms with E-state index in [1.165, 1.54) is 6.20 Å². The smallest absolute Gasteiger partial charge is 0.244 e. The van der Waals surface area contributed by atoms with Gasteiger partial charge >= 0.3 is 6.18 Å². The Morgan fingerprint density at radius 3 is 2.33 bits per heavy atom. The van der Waals surface area contributed by atoms with E-state index >= 15 is 0 Å². The van der Waals surface area contributed by atoms with Gasteiger partial charge in [-0.1, -0.05) is 11.6 Å². The Morgan fingerprint density at radius 2 is 2.00 bits per heavy atom. The highest BCUT2D eigenvalue weighted by Gasteiger charge is 2.35. The third-order valence-electron chi connectivity index (χ3n) is 1.17. The van der Waals surface area contributed by atoms with Gasteiger partial charge in [-0.3, -0.25) is 0 Å². The van der Waals surface area contributed by atoms with Gasteiger partial charge in [0.25, 0.3) is 0 Å². The molecule has 0 atom stereocenters. The highest BCUT2D eigenvalue weighted by molar-refractivity contribution is 7.80. The Kier molecular flexibility index (Phi) is 2.53. The first kappa shape index (κ1) is 9.67. The third kappa shape index (κ3) is 1.84. The van der Waals surface area contributed by atoms with Crippen molar-refractivity contribution in [3.63, 3.8) is 0 Å². The maximum atomic E-state index is 12.1. The van der Waals surface area contributed by atoms with Crippen molar-refractivity contribution in [3.05, 3.63) is 23.0 Å². The molecule has 66 valence electrons. The summed E-state index contributed by atoms with van der Waals surface area (Å²) in [7, 11) is 0. The number of aromatic nitrogens is 1. The number of rotatable bonds is 0. The zero-order valence-electron chi connectivity index (χ0n) is 5.56. The second-order valence-corrected chi connectivity index (χ2v) is 2.83. The van der Waals surface area contributed by atoms with Crippen LogP contribution in [-0.2, 0) is 6.18 Å². The topological polar surface area (TPSA) is 12.9 Å². The van der Waals surface area contributed by atoms with Crippen LogP contribution in [0.15, 0.2) is 17.2 Å². The number of pyridine rings is 1. The van der Waals surface area contributed by atoms with Gasteiger partial charge in [-0.05, 0) is 6.07 Å². The van der Waals surface area contributed by atoms with Crippen molar-refractivity contribution in [2.45, 2.75) is 11.1 Å². The molecule has 0 saturated heterocycles. The Hall–Kier alpha value is -0.420. The standard InChI is InChI=1S/C6H3ClF3NS/c7-5-4(6(8,9)10)3(12)1-2-11-5/h1-2H,(H,11,12). The molecule has 12 heavy (non-hydrogen) atoms. The second-order valence-electron chi connectivity index (χ2n) is 1.99. The Labute approximate surface area is 77.0 Å². The van der Waals surface area contributed by atoms with E-state index in [-0.39, 0.29) is 4.90 Å². The lowest BCUT2D eigenvalue weighted by molar-refractivity contribution is -0.139. The van der Waals surface area contributed by atoms with Crippen LogP contribution in [0.2, 0.25) is 5.15 Å². The molecule has 1 aromatic heterocycles. The first-order valence-electron chi connectivity index (χ1n) is 2.83. The monoisotopic (exact) mass is 213 g/mol. The average molecular weight is 214 g/mol. The zero-order valence-corrected chi connectivity index (χ0v) is 7.21. The van der Waals surface area contributed by atoms with E-state index in [4.69, 9.17) is 11.6 Å². The van der Waals surface area contributed by atoms with Gasteiger partial charge in [-0.15, -0.1) is 12.6 Å². The molecule has 0 N–H and O–H groups in total. The van der Waals surface area contributed by atoms with Crippen molar-refractivity contribution in [2.75, 3.05) is 0 Å². The van der Waals surface area contributed by atoms with Gasteiger partial charge in [0.1, 0.15) is 10.7 Å². The van der Waals surface area contributed by atoms with Crippen molar-refractivity contribution < 1.29 is 13.2 Å². The average Bonchev–Trinajstić information content (AvgIpc) is 1.82. The minimum atomic E-state index is -4.50. The number of halogens is 4. The number of hydrogen-bond acceptors (Lipinski definition) is 2. The van der Waals surface area contributed by atoms with Crippen molar-refractivity contribution in [1.29, 1.82) is 0 Å². The zero-order chi connectivity index (χ0) is 9.35. The summed E-state index contributed by atoms with van der Waals surface area (Å²) >= 11 is 8.85. The molecule has 0 bridgehead atoms. The maximum Gasteiger partial charge on any atom is 0.420 e. The van der Waals surface area contributed by atoms with Gasteiger partial charge in [0, 0.05) is 11.1 Å². The van der Waals surface area contributed by atoms with Gasteiger partial charge in [0.2, 0.25) is 0 Å². The quantitative estimate of drug-likeness (QED) is 0.516. The van der Waals surface area contributed by atoms with Crippen molar-refractivity contribution in [2.24, 2.45) is 0 Å². The van der Waals surface area contributed by atoms with Crippen molar-refractivity contribution >= 4 is 24.2 Å². The summed E-state index contributed by atoms with van der Waals surface area (Å²) in [6.45, 7) is 0. The predicted molar refractivity (Wildman–Crippen MR) is 41.5 cm³/mol. The highest BCUT2D eigenvalue weighted by Crippen LogP contribution is 2.37. The maximum absolute atomic E-state index is 12.1. The van der Waals surface area contributed by atoms with Crippen LogP contribution in [0.4, 0.5) is 13.2 Å². The van der Waals surface area contributed by atoms with E-state index in [9.17, 15) is 13.2 Å². The van der Waals surface area contributed by atoms with E-state index in [1.54, 1.807) is 0 Å². The molecule has 0 aliphatic carbocycles. The summed E-state index contributed by atoms with van der Waals surface area (Å²) in [4.78, 5) is 3.08. The summed E-state index contributed by atoms with van der Waals surface area (Å²) in [6.07, 6.45) is -3.33. The normalized spacial score (nSPS) is 11.8. The van der Waals surface area contributed by atoms with Crippen molar-refractivity contribution in [1.82, 2.24) is 4.98 Å². The second kappa shape index (κ2) is 3.14. The fourth-order valence-corrected chi connectivity index (χ4v) is 1.32. The highest BCUT2D eigenvalue weighted by atomic mass is 35.5. The SMILES string of the molecule is FC(F)(F)c1c(S)ccnc1Cl. The molecule has 0 aliphatic rings. The fraction of sp³-hybridized carbons (Fsp3) is 0.167. The van der Waals surface area contributed by atoms with Crippen LogP contribution in [0, 0.1) is 0 Å².